The number of ether oxygens (including phenoxy) is 1. The van der Waals surface area contributed by atoms with Gasteiger partial charge in [0.1, 0.15) is 5.75 Å². The van der Waals surface area contributed by atoms with E-state index in [9.17, 15) is 8.42 Å². The molecule has 0 fully saturated rings. The summed E-state index contributed by atoms with van der Waals surface area (Å²) in [5.74, 6) is 0.601. The van der Waals surface area contributed by atoms with Gasteiger partial charge < -0.3 is 4.74 Å². The minimum Gasteiger partial charge on any atom is -0.496 e. The third-order valence-electron chi connectivity index (χ3n) is 5.47. The van der Waals surface area contributed by atoms with Crippen LogP contribution < -0.4 is 4.74 Å². The van der Waals surface area contributed by atoms with Crippen LogP contribution in [0.2, 0.25) is 0 Å². The van der Waals surface area contributed by atoms with Gasteiger partial charge in [-0.15, -0.1) is 0 Å². The molecule has 4 aromatic carbocycles. The van der Waals surface area contributed by atoms with Crippen molar-refractivity contribution in [3.63, 3.8) is 0 Å². The van der Waals surface area contributed by atoms with E-state index >= 15 is 0 Å². The van der Waals surface area contributed by atoms with Crippen LogP contribution in [0.15, 0.2) is 71.6 Å². The first kappa shape index (κ1) is 20.7. The van der Waals surface area contributed by atoms with Gasteiger partial charge in [0.15, 0.2) is 0 Å². The molecule has 4 aromatic rings. The molecule has 0 radical (unpaired) electrons. The van der Waals surface area contributed by atoms with Crippen LogP contribution in [-0.4, -0.2) is 15.5 Å². The van der Waals surface area contributed by atoms with Gasteiger partial charge in [0.2, 0.25) is 0 Å². The van der Waals surface area contributed by atoms with Gasteiger partial charge in [0.25, 0.3) is 9.05 Å². The van der Waals surface area contributed by atoms with E-state index in [4.69, 9.17) is 15.4 Å². The van der Waals surface area contributed by atoms with E-state index in [1.165, 1.54) is 5.56 Å². The summed E-state index contributed by atoms with van der Waals surface area (Å²) in [4.78, 5) is 0.0774. The van der Waals surface area contributed by atoms with E-state index in [-0.39, 0.29) is 10.3 Å². The molecule has 0 bridgehead atoms. The molecule has 0 aromatic heterocycles. The molecule has 3 nitrogen and oxygen atoms in total. The zero-order valence-corrected chi connectivity index (χ0v) is 18.9. The van der Waals surface area contributed by atoms with Crippen LogP contribution in [-0.2, 0) is 14.5 Å². The fourth-order valence-electron chi connectivity index (χ4n) is 3.92. The Morgan fingerprint density at radius 1 is 0.800 bits per heavy atom. The summed E-state index contributed by atoms with van der Waals surface area (Å²) in [6.07, 6.45) is 0. The molecule has 0 saturated carbocycles. The highest BCUT2D eigenvalue weighted by molar-refractivity contribution is 8.13. The van der Waals surface area contributed by atoms with Crippen molar-refractivity contribution < 1.29 is 13.2 Å². The second kappa shape index (κ2) is 7.29. The Bertz CT molecular complexity index is 1380. The fourth-order valence-corrected chi connectivity index (χ4v) is 4.99. The van der Waals surface area contributed by atoms with E-state index in [0.29, 0.717) is 11.3 Å². The lowest BCUT2D eigenvalue weighted by Gasteiger charge is -2.21. The molecule has 30 heavy (non-hydrogen) atoms. The molecule has 0 atom stereocenters. The number of hydrogen-bond acceptors (Lipinski definition) is 3. The predicted molar refractivity (Wildman–Crippen MR) is 125 cm³/mol. The van der Waals surface area contributed by atoms with Gasteiger partial charge in [0, 0.05) is 21.8 Å². The normalized spacial score (nSPS) is 12.4. The van der Waals surface area contributed by atoms with Crippen molar-refractivity contribution in [2.24, 2.45) is 0 Å². The van der Waals surface area contributed by atoms with Crippen LogP contribution in [0, 0.1) is 0 Å². The molecule has 0 heterocycles. The Kier molecular flexibility index (Phi) is 5.03. The van der Waals surface area contributed by atoms with Crippen molar-refractivity contribution in [1.82, 2.24) is 0 Å². The highest BCUT2D eigenvalue weighted by Gasteiger charge is 2.24. The maximum atomic E-state index is 12.5. The molecule has 0 saturated heterocycles. The number of hydrogen-bond donors (Lipinski definition) is 0. The van der Waals surface area contributed by atoms with E-state index in [1.54, 1.807) is 19.2 Å². The summed E-state index contributed by atoms with van der Waals surface area (Å²) in [6.45, 7) is 6.50. The molecule has 0 amide bonds. The van der Waals surface area contributed by atoms with Crippen molar-refractivity contribution in [2.75, 3.05) is 7.11 Å². The predicted octanol–water partition coefficient (Wildman–Crippen LogP) is 6.89. The molecule has 4 rings (SSSR count). The monoisotopic (exact) mass is 438 g/mol. The molecule has 0 aliphatic heterocycles. The van der Waals surface area contributed by atoms with E-state index in [0.717, 1.165) is 27.1 Å². The first-order valence-corrected chi connectivity index (χ1v) is 12.0. The largest absolute Gasteiger partial charge is 0.496 e. The quantitative estimate of drug-likeness (QED) is 0.327. The van der Waals surface area contributed by atoms with Crippen LogP contribution >= 0.6 is 10.7 Å². The van der Waals surface area contributed by atoms with Crippen LogP contribution in [0.4, 0.5) is 0 Å². The summed E-state index contributed by atoms with van der Waals surface area (Å²) in [5.41, 5.74) is 2.49. The van der Waals surface area contributed by atoms with Crippen molar-refractivity contribution in [2.45, 2.75) is 31.1 Å². The van der Waals surface area contributed by atoms with Crippen molar-refractivity contribution in [1.29, 1.82) is 0 Å². The highest BCUT2D eigenvalue weighted by Crippen LogP contribution is 2.45. The van der Waals surface area contributed by atoms with Gasteiger partial charge in [-0.1, -0.05) is 75.4 Å². The van der Waals surface area contributed by atoms with E-state index in [2.05, 4.69) is 32.9 Å². The molecule has 0 aliphatic rings. The highest BCUT2D eigenvalue weighted by atomic mass is 35.7. The summed E-state index contributed by atoms with van der Waals surface area (Å²) in [7, 11) is 3.49. The van der Waals surface area contributed by atoms with E-state index < -0.39 is 9.05 Å². The van der Waals surface area contributed by atoms with Crippen LogP contribution in [0.25, 0.3) is 32.7 Å². The maximum Gasteiger partial charge on any atom is 0.261 e. The molecule has 5 heteroatoms. The molecule has 0 aliphatic carbocycles. The number of halogens is 1. The van der Waals surface area contributed by atoms with Gasteiger partial charge in [-0.3, -0.25) is 0 Å². The first-order chi connectivity index (χ1) is 14.1. The minimum atomic E-state index is -3.98. The first-order valence-electron chi connectivity index (χ1n) is 9.69. The molecule has 154 valence electrons. The molecule has 0 spiro atoms. The lowest BCUT2D eigenvalue weighted by atomic mass is 9.84. The smallest absolute Gasteiger partial charge is 0.261 e. The minimum absolute atomic E-state index is 0.00162. The fraction of sp³-hybridized carbons (Fsp3) is 0.200. The SMILES string of the molecule is COc1ccc2cc(C(C)(C)C)ccc2c1-c1c(S(=O)(=O)Cl)ccc2ccccc12. The van der Waals surface area contributed by atoms with Gasteiger partial charge in [-0.25, -0.2) is 8.42 Å². The average molecular weight is 439 g/mol. The van der Waals surface area contributed by atoms with E-state index in [1.807, 2.05) is 42.5 Å². The van der Waals surface area contributed by atoms with Crippen LogP contribution in [0.1, 0.15) is 26.3 Å². The Morgan fingerprint density at radius 2 is 1.47 bits per heavy atom. The lowest BCUT2D eigenvalue weighted by Crippen LogP contribution is -2.10. The van der Waals surface area contributed by atoms with Gasteiger partial charge in [0.05, 0.1) is 12.0 Å². The third-order valence-corrected chi connectivity index (χ3v) is 6.84. The summed E-state index contributed by atoms with van der Waals surface area (Å²) >= 11 is 0. The van der Waals surface area contributed by atoms with Crippen molar-refractivity contribution >= 4 is 41.3 Å². The third kappa shape index (κ3) is 3.55. The molecular formula is C25H23ClO3S. The Labute approximate surface area is 181 Å². The topological polar surface area (TPSA) is 43.4 Å². The standard InChI is InChI=1S/C25H23ClO3S/c1-25(2,3)18-11-12-20-17(15-18)9-13-21(29-4)23(20)24-19-8-6-5-7-16(19)10-14-22(24)30(26,27)28/h5-15H,1-4H3. The number of fused-ring (bicyclic) bond motifs is 2. The summed E-state index contributed by atoms with van der Waals surface area (Å²) < 4.78 is 30.7. The van der Waals surface area contributed by atoms with Crippen LogP contribution in [0.5, 0.6) is 5.75 Å². The van der Waals surface area contributed by atoms with Gasteiger partial charge >= 0.3 is 0 Å². The second-order valence-corrected chi connectivity index (χ2v) is 11.0. The van der Waals surface area contributed by atoms with Gasteiger partial charge in [-0.2, -0.15) is 0 Å². The maximum absolute atomic E-state index is 12.5. The van der Waals surface area contributed by atoms with Crippen molar-refractivity contribution in [3.8, 4) is 16.9 Å². The lowest BCUT2D eigenvalue weighted by molar-refractivity contribution is 0.417. The number of rotatable bonds is 3. The summed E-state index contributed by atoms with van der Waals surface area (Å²) in [6, 6.07) is 21.2. The van der Waals surface area contributed by atoms with Crippen molar-refractivity contribution in [3.05, 3.63) is 72.3 Å². The zero-order valence-electron chi connectivity index (χ0n) is 17.4. The zero-order chi connectivity index (χ0) is 21.7. The van der Waals surface area contributed by atoms with Crippen LogP contribution in [0.3, 0.4) is 0 Å². The van der Waals surface area contributed by atoms with Gasteiger partial charge in [-0.05, 0) is 44.7 Å². The Morgan fingerprint density at radius 3 is 2.13 bits per heavy atom. The number of benzene rings is 4. The average Bonchev–Trinajstić information content (AvgIpc) is 2.70. The molecule has 0 N–H and O–H groups in total. The Balaban J connectivity index is 2.20. The summed E-state index contributed by atoms with van der Waals surface area (Å²) in [5, 5.41) is 3.68. The Hall–Kier alpha value is -2.56. The molecule has 0 unspecified atom stereocenters. The number of methoxy groups -OCH3 is 1. The molecular weight excluding hydrogens is 416 g/mol. The second-order valence-electron chi connectivity index (χ2n) is 8.43.